The zero-order valence-corrected chi connectivity index (χ0v) is 12.6. The molecule has 20 heavy (non-hydrogen) atoms. The highest BCUT2D eigenvalue weighted by Gasteiger charge is 2.37. The lowest BCUT2D eigenvalue weighted by atomic mass is 9.74. The summed E-state index contributed by atoms with van der Waals surface area (Å²) < 4.78 is 0. The van der Waals surface area contributed by atoms with Crippen molar-refractivity contribution < 1.29 is 4.79 Å². The SMILES string of the molecule is CC(NC(=O)C(C)(C)C1CCCNC1)c1ccncc1. The largest absolute Gasteiger partial charge is 0.349 e. The van der Waals surface area contributed by atoms with Gasteiger partial charge in [0.25, 0.3) is 0 Å². The fourth-order valence-corrected chi connectivity index (χ4v) is 2.77. The van der Waals surface area contributed by atoms with E-state index in [9.17, 15) is 4.79 Å². The minimum Gasteiger partial charge on any atom is -0.349 e. The Labute approximate surface area is 121 Å². The number of hydrogen-bond donors (Lipinski definition) is 2. The van der Waals surface area contributed by atoms with Crippen LogP contribution in [0.1, 0.15) is 45.2 Å². The summed E-state index contributed by atoms with van der Waals surface area (Å²) in [5, 5.41) is 6.53. The monoisotopic (exact) mass is 275 g/mol. The number of carbonyl (C=O) groups excluding carboxylic acids is 1. The topological polar surface area (TPSA) is 54.0 Å². The lowest BCUT2D eigenvalue weighted by Gasteiger charge is -2.36. The molecule has 1 saturated heterocycles. The molecule has 0 aliphatic carbocycles. The number of hydrogen-bond acceptors (Lipinski definition) is 3. The van der Waals surface area contributed by atoms with Crippen molar-refractivity contribution in [3.05, 3.63) is 30.1 Å². The van der Waals surface area contributed by atoms with Crippen LogP contribution in [0.4, 0.5) is 0 Å². The van der Waals surface area contributed by atoms with E-state index in [-0.39, 0.29) is 17.4 Å². The van der Waals surface area contributed by atoms with Gasteiger partial charge in [0, 0.05) is 17.8 Å². The Kier molecular flexibility index (Phi) is 4.76. The number of nitrogens with zero attached hydrogens (tertiary/aromatic N) is 1. The summed E-state index contributed by atoms with van der Waals surface area (Å²) in [5.74, 6) is 0.538. The van der Waals surface area contributed by atoms with Gasteiger partial charge in [-0.3, -0.25) is 9.78 Å². The average molecular weight is 275 g/mol. The molecule has 1 amide bonds. The van der Waals surface area contributed by atoms with E-state index in [1.54, 1.807) is 12.4 Å². The molecule has 1 fully saturated rings. The van der Waals surface area contributed by atoms with Crippen LogP contribution in [0.15, 0.2) is 24.5 Å². The van der Waals surface area contributed by atoms with E-state index < -0.39 is 0 Å². The van der Waals surface area contributed by atoms with E-state index in [1.165, 1.54) is 0 Å². The van der Waals surface area contributed by atoms with E-state index in [0.29, 0.717) is 5.92 Å². The molecule has 2 N–H and O–H groups in total. The van der Waals surface area contributed by atoms with Gasteiger partial charge in [-0.05, 0) is 56.5 Å². The first-order valence-electron chi connectivity index (χ1n) is 7.43. The Bertz CT molecular complexity index is 438. The summed E-state index contributed by atoms with van der Waals surface area (Å²) in [6.07, 6.45) is 5.79. The Morgan fingerprint density at radius 1 is 1.45 bits per heavy atom. The highest BCUT2D eigenvalue weighted by Crippen LogP contribution is 2.32. The summed E-state index contributed by atoms with van der Waals surface area (Å²) in [6.45, 7) is 8.13. The van der Waals surface area contributed by atoms with Crippen molar-refractivity contribution in [2.45, 2.75) is 39.7 Å². The second-order valence-corrected chi connectivity index (χ2v) is 6.24. The maximum Gasteiger partial charge on any atom is 0.226 e. The van der Waals surface area contributed by atoms with Crippen molar-refractivity contribution in [3.63, 3.8) is 0 Å². The first kappa shape index (κ1) is 15.0. The van der Waals surface area contributed by atoms with Crippen molar-refractivity contribution in [3.8, 4) is 0 Å². The third-order valence-electron chi connectivity index (χ3n) is 4.46. The molecule has 0 spiro atoms. The predicted molar refractivity (Wildman–Crippen MR) is 80.2 cm³/mol. The van der Waals surface area contributed by atoms with E-state index >= 15 is 0 Å². The van der Waals surface area contributed by atoms with Crippen LogP contribution in [0.25, 0.3) is 0 Å². The summed E-state index contributed by atoms with van der Waals surface area (Å²) in [6, 6.07) is 3.90. The summed E-state index contributed by atoms with van der Waals surface area (Å²) in [5.41, 5.74) is 0.750. The van der Waals surface area contributed by atoms with Gasteiger partial charge in [0.15, 0.2) is 0 Å². The quantitative estimate of drug-likeness (QED) is 0.886. The van der Waals surface area contributed by atoms with Gasteiger partial charge >= 0.3 is 0 Å². The van der Waals surface area contributed by atoms with Gasteiger partial charge in [0.2, 0.25) is 5.91 Å². The minimum absolute atomic E-state index is 0.0151. The van der Waals surface area contributed by atoms with Gasteiger partial charge in [-0.2, -0.15) is 0 Å². The fraction of sp³-hybridized carbons (Fsp3) is 0.625. The van der Waals surface area contributed by atoms with Crippen LogP contribution >= 0.6 is 0 Å². The van der Waals surface area contributed by atoms with Crippen LogP contribution in [0.2, 0.25) is 0 Å². The molecule has 4 nitrogen and oxygen atoms in total. The van der Waals surface area contributed by atoms with Gasteiger partial charge in [0.1, 0.15) is 0 Å². The van der Waals surface area contributed by atoms with Crippen LogP contribution < -0.4 is 10.6 Å². The van der Waals surface area contributed by atoms with E-state index in [4.69, 9.17) is 0 Å². The average Bonchev–Trinajstić information content (AvgIpc) is 2.49. The second kappa shape index (κ2) is 6.35. The number of amides is 1. The van der Waals surface area contributed by atoms with Crippen LogP contribution in [-0.4, -0.2) is 24.0 Å². The summed E-state index contributed by atoms with van der Waals surface area (Å²) >= 11 is 0. The predicted octanol–water partition coefficient (Wildman–Crippen LogP) is 2.28. The first-order chi connectivity index (χ1) is 9.51. The standard InChI is InChI=1S/C16H25N3O/c1-12(13-6-9-17-10-7-13)19-15(20)16(2,3)14-5-4-8-18-11-14/h6-7,9-10,12,14,18H,4-5,8,11H2,1-3H3,(H,19,20). The maximum atomic E-state index is 12.6. The summed E-state index contributed by atoms with van der Waals surface area (Å²) in [4.78, 5) is 16.6. The van der Waals surface area contributed by atoms with Gasteiger partial charge in [-0.1, -0.05) is 13.8 Å². The minimum atomic E-state index is -0.339. The molecule has 2 rings (SSSR count). The van der Waals surface area contributed by atoms with Gasteiger partial charge in [0.05, 0.1) is 6.04 Å². The molecule has 1 aromatic heterocycles. The molecule has 0 bridgehead atoms. The number of pyridine rings is 1. The van der Waals surface area contributed by atoms with Crippen LogP contribution in [0, 0.1) is 11.3 Å². The molecule has 1 aliphatic heterocycles. The molecule has 1 aliphatic rings. The van der Waals surface area contributed by atoms with Crippen LogP contribution in [0.5, 0.6) is 0 Å². The maximum absolute atomic E-state index is 12.6. The number of piperidine rings is 1. The van der Waals surface area contributed by atoms with E-state index in [1.807, 2.05) is 19.1 Å². The third-order valence-corrected chi connectivity index (χ3v) is 4.46. The van der Waals surface area contributed by atoms with Gasteiger partial charge in [-0.25, -0.2) is 0 Å². The number of nitrogens with one attached hydrogen (secondary N) is 2. The molecular weight excluding hydrogens is 250 g/mol. The highest BCUT2D eigenvalue weighted by molar-refractivity contribution is 5.82. The zero-order valence-electron chi connectivity index (χ0n) is 12.6. The molecule has 1 aromatic rings. The molecule has 2 atom stereocenters. The summed E-state index contributed by atoms with van der Waals surface area (Å²) in [7, 11) is 0. The lowest BCUT2D eigenvalue weighted by Crippen LogP contribution is -2.47. The Morgan fingerprint density at radius 3 is 2.75 bits per heavy atom. The third kappa shape index (κ3) is 3.37. The van der Waals surface area contributed by atoms with Crippen molar-refractivity contribution >= 4 is 5.91 Å². The molecule has 110 valence electrons. The molecule has 2 heterocycles. The Balaban J connectivity index is 1.99. The molecule has 2 unspecified atom stereocenters. The number of rotatable bonds is 4. The van der Waals surface area contributed by atoms with Crippen molar-refractivity contribution in [2.75, 3.05) is 13.1 Å². The van der Waals surface area contributed by atoms with Crippen molar-refractivity contribution in [1.29, 1.82) is 0 Å². The van der Waals surface area contributed by atoms with Crippen molar-refractivity contribution in [2.24, 2.45) is 11.3 Å². The molecule has 0 radical (unpaired) electrons. The molecular formula is C16H25N3O. The Morgan fingerprint density at radius 2 is 2.15 bits per heavy atom. The second-order valence-electron chi connectivity index (χ2n) is 6.24. The molecule has 0 aromatic carbocycles. The van der Waals surface area contributed by atoms with Gasteiger partial charge in [-0.15, -0.1) is 0 Å². The number of carbonyl (C=O) groups is 1. The molecule has 4 heteroatoms. The van der Waals surface area contributed by atoms with Crippen molar-refractivity contribution in [1.82, 2.24) is 15.6 Å². The highest BCUT2D eigenvalue weighted by atomic mass is 16.2. The lowest BCUT2D eigenvalue weighted by molar-refractivity contribution is -0.133. The van der Waals surface area contributed by atoms with E-state index in [0.717, 1.165) is 31.5 Å². The van der Waals surface area contributed by atoms with Gasteiger partial charge < -0.3 is 10.6 Å². The Hall–Kier alpha value is -1.42. The van der Waals surface area contributed by atoms with E-state index in [2.05, 4.69) is 29.5 Å². The fourth-order valence-electron chi connectivity index (χ4n) is 2.77. The smallest absolute Gasteiger partial charge is 0.226 e. The molecule has 0 saturated carbocycles. The first-order valence-corrected chi connectivity index (χ1v) is 7.43. The number of aromatic nitrogens is 1. The van der Waals surface area contributed by atoms with Crippen LogP contribution in [-0.2, 0) is 4.79 Å². The van der Waals surface area contributed by atoms with Crippen LogP contribution in [0.3, 0.4) is 0 Å². The normalized spacial score (nSPS) is 21.2. The zero-order chi connectivity index (χ0) is 14.6.